The molecule has 1 aromatic carbocycles. The first-order valence-corrected chi connectivity index (χ1v) is 7.58. The number of hydrogen-bond acceptors (Lipinski definition) is 5. The Morgan fingerprint density at radius 2 is 2.13 bits per heavy atom. The average Bonchev–Trinajstić information content (AvgIpc) is 3.05. The van der Waals surface area contributed by atoms with E-state index >= 15 is 0 Å². The number of nitrogens with zero attached hydrogens (tertiary/aromatic N) is 2. The van der Waals surface area contributed by atoms with Gasteiger partial charge >= 0.3 is 0 Å². The van der Waals surface area contributed by atoms with Crippen LogP contribution in [0.1, 0.15) is 37.1 Å². The van der Waals surface area contributed by atoms with Gasteiger partial charge in [-0.3, -0.25) is 15.1 Å². The van der Waals surface area contributed by atoms with Crippen LogP contribution in [0.5, 0.6) is 5.88 Å². The molecule has 5 nitrogen and oxygen atoms in total. The largest absolute Gasteiger partial charge is 0.472 e. The molecule has 0 saturated carbocycles. The fourth-order valence-electron chi connectivity index (χ4n) is 2.64. The second-order valence-corrected chi connectivity index (χ2v) is 5.62. The topological polar surface area (TPSA) is 64.1 Å². The summed E-state index contributed by atoms with van der Waals surface area (Å²) in [7, 11) is 0. The number of nitrogens with one attached hydrogen (secondary N) is 1. The number of benzene rings is 1. The molecule has 2 heterocycles. The van der Waals surface area contributed by atoms with Gasteiger partial charge in [-0.25, -0.2) is 9.37 Å². The lowest BCUT2D eigenvalue weighted by Crippen LogP contribution is -2.30. The third kappa shape index (κ3) is 3.71. The third-order valence-corrected chi connectivity index (χ3v) is 3.98. The van der Waals surface area contributed by atoms with Gasteiger partial charge in [-0.15, -0.1) is 0 Å². The average molecular weight is 315 g/mol. The Hall–Kier alpha value is -2.34. The summed E-state index contributed by atoms with van der Waals surface area (Å²) in [4.78, 5) is 19.9. The van der Waals surface area contributed by atoms with Crippen molar-refractivity contribution in [2.24, 2.45) is 0 Å². The molecule has 1 aliphatic rings. The Labute approximate surface area is 133 Å². The number of aromatic nitrogens is 2. The molecule has 0 spiro atoms. The summed E-state index contributed by atoms with van der Waals surface area (Å²) >= 11 is 0. The van der Waals surface area contributed by atoms with Gasteiger partial charge in [-0.05, 0) is 25.8 Å². The van der Waals surface area contributed by atoms with E-state index in [4.69, 9.17) is 4.74 Å². The van der Waals surface area contributed by atoms with E-state index in [-0.39, 0.29) is 30.3 Å². The summed E-state index contributed by atoms with van der Waals surface area (Å²) in [6.07, 6.45) is 4.83. The number of halogens is 1. The Morgan fingerprint density at radius 3 is 2.78 bits per heavy atom. The van der Waals surface area contributed by atoms with Gasteiger partial charge < -0.3 is 4.74 Å². The Morgan fingerprint density at radius 1 is 1.30 bits per heavy atom. The number of Topliss-reactive ketones (excluding diaryl/α,β-unsaturated/α-hetero) is 1. The molecule has 0 bridgehead atoms. The monoisotopic (exact) mass is 315 g/mol. The van der Waals surface area contributed by atoms with Gasteiger partial charge in [-0.2, -0.15) is 0 Å². The zero-order valence-electron chi connectivity index (χ0n) is 12.8. The van der Waals surface area contributed by atoms with Gasteiger partial charge in [0.15, 0.2) is 0 Å². The van der Waals surface area contributed by atoms with Gasteiger partial charge in [-0.1, -0.05) is 18.2 Å². The first-order valence-electron chi connectivity index (χ1n) is 7.58. The summed E-state index contributed by atoms with van der Waals surface area (Å²) in [6.45, 7) is 1.69. The van der Waals surface area contributed by atoms with E-state index in [9.17, 15) is 9.18 Å². The zero-order chi connectivity index (χ0) is 16.2. The molecule has 0 unspecified atom stereocenters. The van der Waals surface area contributed by atoms with Crippen LogP contribution in [0.15, 0.2) is 36.7 Å². The molecule has 0 amide bonds. The predicted molar refractivity (Wildman–Crippen MR) is 82.3 cm³/mol. The molecule has 2 atom stereocenters. The van der Waals surface area contributed by atoms with Crippen molar-refractivity contribution in [2.75, 3.05) is 0 Å². The summed E-state index contributed by atoms with van der Waals surface area (Å²) in [5.41, 5.74) is 1.26. The molecule has 3 rings (SSSR count). The van der Waals surface area contributed by atoms with Crippen LogP contribution in [0, 0.1) is 5.82 Å². The number of carbonyl (C=O) groups is 1. The first-order chi connectivity index (χ1) is 11.1. The van der Waals surface area contributed by atoms with E-state index in [1.54, 1.807) is 31.3 Å². The third-order valence-electron chi connectivity index (χ3n) is 3.98. The van der Waals surface area contributed by atoms with E-state index in [2.05, 4.69) is 15.3 Å². The molecule has 1 aliphatic heterocycles. The molecule has 120 valence electrons. The minimum Gasteiger partial charge on any atom is -0.472 e. The van der Waals surface area contributed by atoms with Crippen molar-refractivity contribution < 1.29 is 13.9 Å². The van der Waals surface area contributed by atoms with Crippen molar-refractivity contribution in [3.05, 3.63) is 53.7 Å². The second kappa shape index (κ2) is 6.83. The number of hydrogen-bond donors (Lipinski definition) is 1. The van der Waals surface area contributed by atoms with E-state index in [1.165, 1.54) is 12.3 Å². The van der Waals surface area contributed by atoms with Crippen LogP contribution in [0.25, 0.3) is 0 Å². The molecular weight excluding hydrogens is 297 g/mol. The molecule has 6 heteroatoms. The number of rotatable bonds is 5. The van der Waals surface area contributed by atoms with Crippen molar-refractivity contribution in [2.45, 2.75) is 38.5 Å². The summed E-state index contributed by atoms with van der Waals surface area (Å²) in [6, 6.07) is 6.40. The standard InChI is InChI=1S/C17H18FN3O2/c1-11(22)14-6-7-15(21-14)16-8-20-17(9-19-16)23-10-12-4-2-3-5-13(12)18/h2-5,8-9,14-15,21H,6-7,10H2,1H3/t14-,15+/m0/s1. The molecular formula is C17H18FN3O2. The highest BCUT2D eigenvalue weighted by Crippen LogP contribution is 2.25. The summed E-state index contributed by atoms with van der Waals surface area (Å²) in [5.74, 6) is 0.186. The highest BCUT2D eigenvalue weighted by Gasteiger charge is 2.28. The van der Waals surface area contributed by atoms with Crippen LogP contribution in [-0.2, 0) is 11.4 Å². The molecule has 0 radical (unpaired) electrons. The van der Waals surface area contributed by atoms with Crippen molar-refractivity contribution in [1.82, 2.24) is 15.3 Å². The molecule has 1 saturated heterocycles. The van der Waals surface area contributed by atoms with E-state index in [0.29, 0.717) is 11.4 Å². The van der Waals surface area contributed by atoms with Crippen LogP contribution in [-0.4, -0.2) is 21.8 Å². The predicted octanol–water partition coefficient (Wildman–Crippen LogP) is 2.58. The van der Waals surface area contributed by atoms with E-state index in [1.807, 2.05) is 0 Å². The summed E-state index contributed by atoms with van der Waals surface area (Å²) in [5, 5.41) is 3.25. The molecule has 23 heavy (non-hydrogen) atoms. The number of ketones is 1. The smallest absolute Gasteiger partial charge is 0.232 e. The maximum absolute atomic E-state index is 13.5. The van der Waals surface area contributed by atoms with Gasteiger partial charge in [0.25, 0.3) is 0 Å². The first kappa shape index (κ1) is 15.6. The minimum atomic E-state index is -0.303. The normalized spacial score (nSPS) is 20.4. The van der Waals surface area contributed by atoms with Gasteiger partial charge in [0.1, 0.15) is 18.2 Å². The van der Waals surface area contributed by atoms with E-state index < -0.39 is 0 Å². The van der Waals surface area contributed by atoms with Crippen LogP contribution >= 0.6 is 0 Å². The Bertz CT molecular complexity index is 690. The van der Waals surface area contributed by atoms with Crippen LogP contribution < -0.4 is 10.1 Å². The van der Waals surface area contributed by atoms with Gasteiger partial charge in [0.2, 0.25) is 5.88 Å². The molecule has 2 aromatic rings. The fourth-order valence-corrected chi connectivity index (χ4v) is 2.64. The van der Waals surface area contributed by atoms with Crippen LogP contribution in [0.4, 0.5) is 4.39 Å². The van der Waals surface area contributed by atoms with Gasteiger partial charge in [0, 0.05) is 5.56 Å². The van der Waals surface area contributed by atoms with Crippen molar-refractivity contribution >= 4 is 5.78 Å². The lowest BCUT2D eigenvalue weighted by molar-refractivity contribution is -0.118. The highest BCUT2D eigenvalue weighted by atomic mass is 19.1. The minimum absolute atomic E-state index is 0.0389. The highest BCUT2D eigenvalue weighted by molar-refractivity contribution is 5.81. The van der Waals surface area contributed by atoms with Crippen LogP contribution in [0.2, 0.25) is 0 Å². The SMILES string of the molecule is CC(=O)[C@@H]1CC[C@H](c2cnc(OCc3ccccc3F)cn2)N1. The molecule has 0 aliphatic carbocycles. The van der Waals surface area contributed by atoms with Crippen molar-refractivity contribution in [3.8, 4) is 5.88 Å². The Kier molecular flexibility index (Phi) is 4.62. The second-order valence-electron chi connectivity index (χ2n) is 5.62. The summed E-state index contributed by atoms with van der Waals surface area (Å²) < 4.78 is 19.0. The molecule has 1 N–H and O–H groups in total. The number of ether oxygens (including phenoxy) is 1. The fraction of sp³-hybridized carbons (Fsp3) is 0.353. The molecule has 1 fully saturated rings. The quantitative estimate of drug-likeness (QED) is 0.919. The lowest BCUT2D eigenvalue weighted by atomic mass is 10.1. The maximum Gasteiger partial charge on any atom is 0.232 e. The van der Waals surface area contributed by atoms with Gasteiger partial charge in [0.05, 0.1) is 30.2 Å². The van der Waals surface area contributed by atoms with E-state index in [0.717, 1.165) is 18.5 Å². The van der Waals surface area contributed by atoms with Crippen molar-refractivity contribution in [3.63, 3.8) is 0 Å². The lowest BCUT2D eigenvalue weighted by Gasteiger charge is -2.12. The van der Waals surface area contributed by atoms with Crippen molar-refractivity contribution in [1.29, 1.82) is 0 Å². The Balaban J connectivity index is 1.59. The molecule has 1 aromatic heterocycles. The van der Waals surface area contributed by atoms with Crippen LogP contribution in [0.3, 0.4) is 0 Å². The number of carbonyl (C=O) groups excluding carboxylic acids is 1. The zero-order valence-corrected chi connectivity index (χ0v) is 12.8. The maximum atomic E-state index is 13.5.